The fourth-order valence-electron chi connectivity index (χ4n) is 13.2. The van der Waals surface area contributed by atoms with E-state index < -0.39 is 0 Å². The van der Waals surface area contributed by atoms with Crippen molar-refractivity contribution in [1.82, 2.24) is 9.80 Å². The first kappa shape index (κ1) is 61.0. The summed E-state index contributed by atoms with van der Waals surface area (Å²) in [6.07, 6.45) is 45.9. The van der Waals surface area contributed by atoms with Gasteiger partial charge in [0.1, 0.15) is 12.2 Å². The van der Waals surface area contributed by atoms with Gasteiger partial charge in [0.25, 0.3) is 0 Å². The molecule has 0 atom stereocenters. The van der Waals surface area contributed by atoms with Crippen LogP contribution in [0.15, 0.2) is 0 Å². The second kappa shape index (κ2) is 35.0. The summed E-state index contributed by atoms with van der Waals surface area (Å²) in [6, 6.07) is 0. The molecule has 0 unspecified atom stereocenters. The molecule has 2 saturated heterocycles. The number of nitrogens with zero attached hydrogens (tertiary/aromatic N) is 2. The van der Waals surface area contributed by atoms with Gasteiger partial charge in [-0.1, -0.05) is 210 Å². The number of piperidine rings is 2. The van der Waals surface area contributed by atoms with Crippen LogP contribution in [0.5, 0.6) is 0 Å². The molecule has 0 spiro atoms. The molecule has 2 rings (SSSR count). The molecule has 2 aliphatic heterocycles. The Balaban J connectivity index is 2.05. The number of hydrogen-bond acceptors (Lipinski definition) is 6. The highest BCUT2D eigenvalue weighted by atomic mass is 16.5. The van der Waals surface area contributed by atoms with Crippen LogP contribution in [0.2, 0.25) is 0 Å². The van der Waals surface area contributed by atoms with Crippen molar-refractivity contribution < 1.29 is 19.1 Å². The Morgan fingerprint density at radius 3 is 0.758 bits per heavy atom. The zero-order valence-corrected chi connectivity index (χ0v) is 46.4. The quantitative estimate of drug-likeness (QED) is 0.0450. The van der Waals surface area contributed by atoms with Crippen LogP contribution in [-0.4, -0.2) is 69.2 Å². The molecule has 0 radical (unpaired) electrons. The first-order chi connectivity index (χ1) is 32.0. The van der Waals surface area contributed by atoms with Crippen LogP contribution in [0, 0.1) is 0 Å². The van der Waals surface area contributed by atoms with Gasteiger partial charge in [-0.05, 0) is 90.1 Å². The summed E-state index contributed by atoms with van der Waals surface area (Å²) in [4.78, 5) is 33.5. The SMILES string of the molecule is CCCCN1C(CCCC)(CCCC)CC(OC(=O)CCCCCCCCC(=O)OC2CC(CCCC)(CCCC)N(CCCC)C(CCCC)(CCCC)C2)CC1(CCCC)CCCC. The lowest BCUT2D eigenvalue weighted by Gasteiger charge is -2.61. The van der Waals surface area contributed by atoms with E-state index in [1.165, 1.54) is 193 Å². The van der Waals surface area contributed by atoms with Gasteiger partial charge in [0.15, 0.2) is 0 Å². The largest absolute Gasteiger partial charge is 0.462 e. The van der Waals surface area contributed by atoms with E-state index in [0.717, 1.165) is 64.2 Å². The third-order valence-corrected chi connectivity index (χ3v) is 16.8. The predicted molar refractivity (Wildman–Crippen MR) is 286 cm³/mol. The zero-order valence-electron chi connectivity index (χ0n) is 46.4. The van der Waals surface area contributed by atoms with Gasteiger partial charge in [-0.25, -0.2) is 0 Å². The molecule has 0 aromatic heterocycles. The summed E-state index contributed by atoms with van der Waals surface area (Å²) in [7, 11) is 0. The third kappa shape index (κ3) is 19.9. The van der Waals surface area contributed by atoms with Crippen LogP contribution in [-0.2, 0) is 19.1 Å². The van der Waals surface area contributed by atoms with Crippen molar-refractivity contribution in [2.75, 3.05) is 13.1 Å². The number of ether oxygens (including phenoxy) is 2. The van der Waals surface area contributed by atoms with Crippen LogP contribution in [0.1, 0.15) is 326 Å². The molecule has 0 N–H and O–H groups in total. The predicted octanol–water partition coefficient (Wildman–Crippen LogP) is 18.2. The Kier molecular flexibility index (Phi) is 32.4. The molecule has 0 aromatic rings. The van der Waals surface area contributed by atoms with Crippen molar-refractivity contribution >= 4 is 11.9 Å². The monoisotopic (exact) mass is 929 g/mol. The molecular formula is C60H116N2O4. The van der Waals surface area contributed by atoms with E-state index in [9.17, 15) is 9.59 Å². The van der Waals surface area contributed by atoms with Gasteiger partial charge in [-0.2, -0.15) is 0 Å². The minimum Gasteiger partial charge on any atom is -0.462 e. The lowest BCUT2D eigenvalue weighted by molar-refractivity contribution is -0.171. The lowest BCUT2D eigenvalue weighted by atomic mass is 9.67. The topological polar surface area (TPSA) is 59.1 Å². The second-order valence-corrected chi connectivity index (χ2v) is 22.4. The molecule has 0 bridgehead atoms. The third-order valence-electron chi connectivity index (χ3n) is 16.8. The van der Waals surface area contributed by atoms with E-state index in [1.807, 2.05) is 0 Å². The molecule has 2 heterocycles. The van der Waals surface area contributed by atoms with Crippen molar-refractivity contribution in [3.8, 4) is 0 Å². The van der Waals surface area contributed by atoms with E-state index >= 15 is 0 Å². The second-order valence-electron chi connectivity index (χ2n) is 22.4. The number of hydrogen-bond donors (Lipinski definition) is 0. The van der Waals surface area contributed by atoms with Gasteiger partial charge < -0.3 is 9.47 Å². The Bertz CT molecular complexity index is 1030. The number of esters is 2. The van der Waals surface area contributed by atoms with Crippen molar-refractivity contribution in [3.63, 3.8) is 0 Å². The highest BCUT2D eigenvalue weighted by Crippen LogP contribution is 2.51. The molecule has 6 heteroatoms. The Labute approximate surface area is 412 Å². The molecule has 0 aliphatic carbocycles. The van der Waals surface area contributed by atoms with Crippen LogP contribution in [0.3, 0.4) is 0 Å². The molecule has 2 fully saturated rings. The van der Waals surface area contributed by atoms with Crippen molar-refractivity contribution in [3.05, 3.63) is 0 Å². The summed E-state index contributed by atoms with van der Waals surface area (Å²) >= 11 is 0. The van der Waals surface area contributed by atoms with E-state index in [2.05, 4.69) is 79.0 Å². The number of rotatable bonds is 41. The highest BCUT2D eigenvalue weighted by molar-refractivity contribution is 5.70. The van der Waals surface area contributed by atoms with Gasteiger partial charge in [0.2, 0.25) is 0 Å². The molecule has 6 nitrogen and oxygen atoms in total. The number of carbonyl (C=O) groups is 2. The summed E-state index contributed by atoms with van der Waals surface area (Å²) in [5, 5.41) is 0. The maximum absolute atomic E-state index is 13.7. The van der Waals surface area contributed by atoms with E-state index in [1.54, 1.807) is 0 Å². The van der Waals surface area contributed by atoms with Gasteiger partial charge in [0, 0.05) is 60.7 Å². The molecule has 0 aromatic carbocycles. The normalized spacial score (nSPS) is 18.8. The Hall–Kier alpha value is -1.14. The standard InChI is InChI=1S/C60H116N2O4/c1-11-21-39-57(40-22-12-2)49-53(50-58(41-23-13-3,42-24-14-4)61(57)47-29-19-9)65-55(63)37-35-33-31-32-34-36-38-56(64)66-54-51-59(43-25-15-5,44-26-16-6)62(48-30-20-10)60(52-54,45-27-17-7)46-28-18-8/h53-54H,11-52H2,1-10H3. The molecule has 390 valence electrons. The summed E-state index contributed by atoms with van der Waals surface area (Å²) in [5.41, 5.74) is 0.523. The summed E-state index contributed by atoms with van der Waals surface area (Å²) in [5.74, 6) is 0.0602. The molecule has 66 heavy (non-hydrogen) atoms. The Morgan fingerprint density at radius 1 is 0.333 bits per heavy atom. The minimum atomic E-state index is 0.0272. The van der Waals surface area contributed by atoms with E-state index in [0.29, 0.717) is 12.8 Å². The maximum Gasteiger partial charge on any atom is 0.306 e. The Morgan fingerprint density at radius 2 is 0.545 bits per heavy atom. The number of carbonyl (C=O) groups excluding carboxylic acids is 2. The molecule has 0 saturated carbocycles. The van der Waals surface area contributed by atoms with E-state index in [-0.39, 0.29) is 46.3 Å². The van der Waals surface area contributed by atoms with Gasteiger partial charge >= 0.3 is 11.9 Å². The average molecular weight is 930 g/mol. The van der Waals surface area contributed by atoms with Crippen LogP contribution >= 0.6 is 0 Å². The maximum atomic E-state index is 13.7. The first-order valence-corrected chi connectivity index (χ1v) is 30.0. The summed E-state index contributed by atoms with van der Waals surface area (Å²) in [6.45, 7) is 25.8. The summed E-state index contributed by atoms with van der Waals surface area (Å²) < 4.78 is 13.2. The molecule has 0 amide bonds. The van der Waals surface area contributed by atoms with Crippen LogP contribution in [0.25, 0.3) is 0 Å². The van der Waals surface area contributed by atoms with Gasteiger partial charge in [-0.3, -0.25) is 19.4 Å². The lowest BCUT2D eigenvalue weighted by Crippen LogP contribution is -2.67. The number of unbranched alkanes of at least 4 members (excludes halogenated alkanes) is 15. The zero-order chi connectivity index (χ0) is 48.6. The minimum absolute atomic E-state index is 0.0272. The van der Waals surface area contributed by atoms with Gasteiger partial charge in [-0.15, -0.1) is 0 Å². The van der Waals surface area contributed by atoms with E-state index in [4.69, 9.17) is 9.47 Å². The van der Waals surface area contributed by atoms with Crippen molar-refractivity contribution in [2.24, 2.45) is 0 Å². The fraction of sp³-hybridized carbons (Fsp3) is 0.967. The molecular weight excluding hydrogens is 813 g/mol. The van der Waals surface area contributed by atoms with Gasteiger partial charge in [0.05, 0.1) is 0 Å². The fourth-order valence-corrected chi connectivity index (χ4v) is 13.2. The average Bonchev–Trinajstić information content (AvgIpc) is 3.31. The van der Waals surface area contributed by atoms with Crippen LogP contribution in [0.4, 0.5) is 0 Å². The molecule has 2 aliphatic rings. The van der Waals surface area contributed by atoms with Crippen molar-refractivity contribution in [2.45, 2.75) is 360 Å². The number of likely N-dealkylation sites (tertiary alicyclic amines) is 2. The van der Waals surface area contributed by atoms with Crippen molar-refractivity contribution in [1.29, 1.82) is 0 Å². The first-order valence-electron chi connectivity index (χ1n) is 30.0. The highest BCUT2D eigenvalue weighted by Gasteiger charge is 2.55. The smallest absolute Gasteiger partial charge is 0.306 e. The van der Waals surface area contributed by atoms with Crippen LogP contribution < -0.4 is 0 Å².